The Morgan fingerprint density at radius 1 is 1.56 bits per heavy atom. The molecule has 5 heteroatoms. The van der Waals surface area contributed by atoms with Crippen LogP contribution in [0.25, 0.3) is 0 Å². The van der Waals surface area contributed by atoms with Crippen molar-refractivity contribution in [1.29, 1.82) is 0 Å². The molecular formula is C11H12FNO3. The lowest BCUT2D eigenvalue weighted by molar-refractivity contribution is 0.0681. The molecule has 1 aliphatic rings. The maximum Gasteiger partial charge on any atom is 0.408 e. The molecule has 1 amide bonds. The lowest BCUT2D eigenvalue weighted by Gasteiger charge is -2.23. The van der Waals surface area contributed by atoms with Crippen molar-refractivity contribution in [2.45, 2.75) is 12.5 Å². The predicted octanol–water partition coefficient (Wildman–Crippen LogP) is 1.79. The number of benzene rings is 1. The van der Waals surface area contributed by atoms with Crippen molar-refractivity contribution >= 4 is 6.09 Å². The average Bonchev–Trinajstić information content (AvgIpc) is 2.60. The van der Waals surface area contributed by atoms with Crippen molar-refractivity contribution in [3.8, 4) is 5.75 Å². The van der Waals surface area contributed by atoms with Crippen LogP contribution in [0.2, 0.25) is 0 Å². The number of methoxy groups -OCH3 is 1. The van der Waals surface area contributed by atoms with E-state index in [9.17, 15) is 9.18 Å². The topological polar surface area (TPSA) is 47.6 Å². The summed E-state index contributed by atoms with van der Waals surface area (Å²) in [5, 5.41) is 2.54. The summed E-state index contributed by atoms with van der Waals surface area (Å²) in [7, 11) is 1.49. The summed E-state index contributed by atoms with van der Waals surface area (Å²) in [6, 6.07) is 4.14. The molecule has 86 valence electrons. The highest BCUT2D eigenvalue weighted by Crippen LogP contribution is 2.35. The number of rotatable bonds is 2. The number of carbonyl (C=O) groups is 1. The van der Waals surface area contributed by atoms with E-state index >= 15 is 0 Å². The first kappa shape index (κ1) is 10.7. The molecule has 0 spiro atoms. The van der Waals surface area contributed by atoms with Gasteiger partial charge in [0.1, 0.15) is 11.6 Å². The van der Waals surface area contributed by atoms with Gasteiger partial charge in [0.15, 0.2) is 5.60 Å². The van der Waals surface area contributed by atoms with Crippen LogP contribution < -0.4 is 10.1 Å². The van der Waals surface area contributed by atoms with Crippen molar-refractivity contribution in [3.05, 3.63) is 29.6 Å². The van der Waals surface area contributed by atoms with Gasteiger partial charge in [-0.2, -0.15) is 0 Å². The molecule has 2 rings (SSSR count). The molecule has 1 aromatic rings. The zero-order valence-corrected chi connectivity index (χ0v) is 9.04. The van der Waals surface area contributed by atoms with E-state index in [4.69, 9.17) is 9.47 Å². The van der Waals surface area contributed by atoms with E-state index in [-0.39, 0.29) is 5.82 Å². The van der Waals surface area contributed by atoms with Gasteiger partial charge in [-0.3, -0.25) is 0 Å². The van der Waals surface area contributed by atoms with E-state index in [0.29, 0.717) is 17.9 Å². The number of ether oxygens (including phenoxy) is 2. The van der Waals surface area contributed by atoms with Crippen molar-refractivity contribution in [2.24, 2.45) is 0 Å². The first-order valence-corrected chi connectivity index (χ1v) is 4.86. The van der Waals surface area contributed by atoms with Crippen molar-refractivity contribution in [1.82, 2.24) is 5.32 Å². The maximum atomic E-state index is 13.2. The number of amides is 1. The second-order valence-electron chi connectivity index (χ2n) is 3.82. The standard InChI is InChI=1S/C11H12FNO3/c1-11(6-13-10(14)16-11)8-5-7(12)3-4-9(8)15-2/h3-5H,6H2,1-2H3,(H,13,14). The summed E-state index contributed by atoms with van der Waals surface area (Å²) in [6.07, 6.45) is -0.506. The Bertz CT molecular complexity index is 435. The minimum absolute atomic E-state index is 0.297. The number of nitrogens with one attached hydrogen (secondary N) is 1. The van der Waals surface area contributed by atoms with Gasteiger partial charge in [0, 0.05) is 5.56 Å². The van der Waals surface area contributed by atoms with Gasteiger partial charge in [-0.05, 0) is 25.1 Å². The zero-order chi connectivity index (χ0) is 11.8. The quantitative estimate of drug-likeness (QED) is 0.834. The van der Waals surface area contributed by atoms with Gasteiger partial charge in [-0.15, -0.1) is 0 Å². The Labute approximate surface area is 92.4 Å². The highest BCUT2D eigenvalue weighted by molar-refractivity contribution is 5.71. The monoisotopic (exact) mass is 225 g/mol. The van der Waals surface area contributed by atoms with Crippen molar-refractivity contribution in [2.75, 3.05) is 13.7 Å². The second kappa shape index (κ2) is 3.66. The number of alkyl carbamates (subject to hydrolysis) is 1. The lowest BCUT2D eigenvalue weighted by atomic mass is 9.95. The van der Waals surface area contributed by atoms with E-state index in [0.717, 1.165) is 0 Å². The molecule has 4 nitrogen and oxygen atoms in total. The predicted molar refractivity (Wildman–Crippen MR) is 54.8 cm³/mol. The highest BCUT2D eigenvalue weighted by Gasteiger charge is 2.39. The Morgan fingerprint density at radius 2 is 2.31 bits per heavy atom. The van der Waals surface area contributed by atoms with Crippen LogP contribution in [0.15, 0.2) is 18.2 Å². The first-order valence-electron chi connectivity index (χ1n) is 4.86. The summed E-state index contributed by atoms with van der Waals surface area (Å²) in [6.45, 7) is 2.01. The molecule has 1 fully saturated rings. The Balaban J connectivity index is 2.46. The lowest BCUT2D eigenvalue weighted by Crippen LogP contribution is -2.27. The molecule has 1 N–H and O–H groups in total. The van der Waals surface area contributed by atoms with E-state index in [1.54, 1.807) is 6.92 Å². The summed E-state index contributed by atoms with van der Waals surface area (Å²) in [5.41, 5.74) is -0.363. The van der Waals surface area contributed by atoms with Crippen LogP contribution in [0.4, 0.5) is 9.18 Å². The third-order valence-corrected chi connectivity index (χ3v) is 2.62. The largest absolute Gasteiger partial charge is 0.496 e. The Morgan fingerprint density at radius 3 is 2.88 bits per heavy atom. The number of cyclic esters (lactones) is 1. The molecule has 1 heterocycles. The molecule has 0 saturated carbocycles. The van der Waals surface area contributed by atoms with Gasteiger partial charge in [0.2, 0.25) is 0 Å². The third kappa shape index (κ3) is 1.68. The normalized spacial score (nSPS) is 23.8. The molecule has 1 atom stereocenters. The van der Waals surface area contributed by atoms with Crippen LogP contribution in [-0.4, -0.2) is 19.7 Å². The molecule has 0 aromatic heterocycles. The summed E-state index contributed by atoms with van der Waals surface area (Å²) < 4.78 is 23.5. The van der Waals surface area contributed by atoms with Gasteiger partial charge < -0.3 is 14.8 Å². The fourth-order valence-corrected chi connectivity index (χ4v) is 1.76. The van der Waals surface area contributed by atoms with Crippen LogP contribution in [0, 0.1) is 5.82 Å². The summed E-state index contributed by atoms with van der Waals surface area (Å²) in [4.78, 5) is 11.0. The van der Waals surface area contributed by atoms with Gasteiger partial charge in [-0.25, -0.2) is 9.18 Å². The van der Waals surface area contributed by atoms with Gasteiger partial charge in [-0.1, -0.05) is 0 Å². The maximum absolute atomic E-state index is 13.2. The van der Waals surface area contributed by atoms with E-state index in [1.165, 1.54) is 25.3 Å². The van der Waals surface area contributed by atoms with E-state index < -0.39 is 11.7 Å². The molecule has 1 aliphatic heterocycles. The van der Waals surface area contributed by atoms with Crippen molar-refractivity contribution < 1.29 is 18.7 Å². The van der Waals surface area contributed by atoms with Gasteiger partial charge in [0.05, 0.1) is 13.7 Å². The van der Waals surface area contributed by atoms with Crippen LogP contribution >= 0.6 is 0 Å². The summed E-state index contributed by atoms with van der Waals surface area (Å²) in [5.74, 6) is 0.111. The Hall–Kier alpha value is -1.78. The minimum atomic E-state index is -0.884. The SMILES string of the molecule is COc1ccc(F)cc1C1(C)CNC(=O)O1. The van der Waals surface area contributed by atoms with Crippen LogP contribution in [0.5, 0.6) is 5.75 Å². The average molecular weight is 225 g/mol. The second-order valence-corrected chi connectivity index (χ2v) is 3.82. The minimum Gasteiger partial charge on any atom is -0.496 e. The van der Waals surface area contributed by atoms with E-state index in [1.807, 2.05) is 0 Å². The molecule has 0 radical (unpaired) electrons. The molecule has 0 bridgehead atoms. The number of carbonyl (C=O) groups excluding carboxylic acids is 1. The zero-order valence-electron chi connectivity index (χ0n) is 9.04. The molecule has 1 saturated heterocycles. The van der Waals surface area contributed by atoms with E-state index in [2.05, 4.69) is 5.32 Å². The molecule has 16 heavy (non-hydrogen) atoms. The first-order chi connectivity index (χ1) is 7.55. The number of hydrogen-bond donors (Lipinski definition) is 1. The smallest absolute Gasteiger partial charge is 0.408 e. The van der Waals surface area contributed by atoms with Crippen LogP contribution in [-0.2, 0) is 10.3 Å². The highest BCUT2D eigenvalue weighted by atomic mass is 19.1. The molecule has 1 aromatic carbocycles. The fraction of sp³-hybridized carbons (Fsp3) is 0.364. The van der Waals surface area contributed by atoms with Crippen LogP contribution in [0.1, 0.15) is 12.5 Å². The Kier molecular flexibility index (Phi) is 2.46. The molecule has 0 aliphatic carbocycles. The van der Waals surface area contributed by atoms with Gasteiger partial charge >= 0.3 is 6.09 Å². The van der Waals surface area contributed by atoms with Gasteiger partial charge in [0.25, 0.3) is 0 Å². The summed E-state index contributed by atoms with van der Waals surface area (Å²) >= 11 is 0. The molecule has 1 unspecified atom stereocenters. The fourth-order valence-electron chi connectivity index (χ4n) is 1.76. The van der Waals surface area contributed by atoms with Crippen LogP contribution in [0.3, 0.4) is 0 Å². The molecular weight excluding hydrogens is 213 g/mol. The van der Waals surface area contributed by atoms with Crippen molar-refractivity contribution in [3.63, 3.8) is 0 Å². The number of halogens is 1. The number of hydrogen-bond acceptors (Lipinski definition) is 3. The third-order valence-electron chi connectivity index (χ3n) is 2.62.